The minimum Gasteiger partial charge on any atom is -0.387 e. The largest absolute Gasteiger partial charge is 0.387 e. The van der Waals surface area contributed by atoms with Gasteiger partial charge in [-0.1, -0.05) is 33.6 Å². The zero-order valence-electron chi connectivity index (χ0n) is 6.92. The summed E-state index contributed by atoms with van der Waals surface area (Å²) in [4.78, 5) is 0. The predicted octanol–water partition coefficient (Wildman–Crippen LogP) is 1.75. The number of aryl methyl sites for hydroxylation is 1. The predicted molar refractivity (Wildman–Crippen MR) is 52.9 cm³/mol. The van der Waals surface area contributed by atoms with Crippen molar-refractivity contribution in [1.29, 1.82) is 0 Å². The smallest absolute Gasteiger partial charge is 0.0923 e. The van der Waals surface area contributed by atoms with E-state index in [-0.39, 0.29) is 6.54 Å². The highest BCUT2D eigenvalue weighted by Crippen LogP contribution is 2.23. The van der Waals surface area contributed by atoms with Crippen molar-refractivity contribution in [2.75, 3.05) is 6.54 Å². The van der Waals surface area contributed by atoms with E-state index in [0.717, 1.165) is 15.6 Å². The maximum absolute atomic E-state index is 9.48. The second-order valence-corrected chi connectivity index (χ2v) is 3.63. The summed E-state index contributed by atoms with van der Waals surface area (Å²) in [5, 5.41) is 9.48. The normalized spacial score (nSPS) is 13.0. The first kappa shape index (κ1) is 9.71. The molecular weight excluding hydrogens is 218 g/mol. The number of halogens is 1. The van der Waals surface area contributed by atoms with Gasteiger partial charge in [-0.3, -0.25) is 0 Å². The van der Waals surface area contributed by atoms with Crippen molar-refractivity contribution in [3.63, 3.8) is 0 Å². The first-order chi connectivity index (χ1) is 5.65. The molecule has 0 fully saturated rings. The van der Waals surface area contributed by atoms with Gasteiger partial charge in [0.25, 0.3) is 0 Å². The van der Waals surface area contributed by atoms with Gasteiger partial charge in [0.15, 0.2) is 0 Å². The molecule has 0 amide bonds. The number of aliphatic hydroxyl groups is 1. The molecule has 1 rings (SSSR count). The third-order valence-electron chi connectivity index (χ3n) is 1.73. The Morgan fingerprint density at radius 3 is 2.83 bits per heavy atom. The minimum absolute atomic E-state index is 0.252. The lowest BCUT2D eigenvalue weighted by atomic mass is 10.1. The van der Waals surface area contributed by atoms with Crippen LogP contribution in [0.15, 0.2) is 22.7 Å². The summed E-state index contributed by atoms with van der Waals surface area (Å²) >= 11 is 3.36. The highest BCUT2D eigenvalue weighted by Gasteiger charge is 2.08. The van der Waals surface area contributed by atoms with Crippen LogP contribution < -0.4 is 5.73 Å². The summed E-state index contributed by atoms with van der Waals surface area (Å²) in [7, 11) is 0. The molecule has 0 bridgehead atoms. The number of hydrogen-bond donors (Lipinski definition) is 2. The van der Waals surface area contributed by atoms with Crippen molar-refractivity contribution in [2.45, 2.75) is 13.0 Å². The maximum atomic E-state index is 9.48. The first-order valence-corrected chi connectivity index (χ1v) is 4.58. The lowest BCUT2D eigenvalue weighted by molar-refractivity contribution is 0.186. The Labute approximate surface area is 80.5 Å². The molecule has 3 heteroatoms. The second kappa shape index (κ2) is 4.03. The van der Waals surface area contributed by atoms with Gasteiger partial charge in [0.05, 0.1) is 6.10 Å². The number of rotatable bonds is 2. The molecule has 0 aliphatic carbocycles. The summed E-state index contributed by atoms with van der Waals surface area (Å²) < 4.78 is 0.908. The summed E-state index contributed by atoms with van der Waals surface area (Å²) in [6.07, 6.45) is -0.570. The fourth-order valence-electron chi connectivity index (χ4n) is 1.05. The van der Waals surface area contributed by atoms with Crippen LogP contribution in [-0.2, 0) is 0 Å². The van der Waals surface area contributed by atoms with E-state index < -0.39 is 6.10 Å². The topological polar surface area (TPSA) is 46.2 Å². The number of benzene rings is 1. The summed E-state index contributed by atoms with van der Waals surface area (Å²) in [5.41, 5.74) is 7.34. The Kier molecular flexibility index (Phi) is 3.26. The van der Waals surface area contributed by atoms with Gasteiger partial charge < -0.3 is 10.8 Å². The van der Waals surface area contributed by atoms with Gasteiger partial charge in [0.2, 0.25) is 0 Å². The Hall–Kier alpha value is -0.380. The monoisotopic (exact) mass is 229 g/mol. The molecule has 2 nitrogen and oxygen atoms in total. The molecule has 0 spiro atoms. The molecule has 66 valence electrons. The Morgan fingerprint density at radius 2 is 2.25 bits per heavy atom. The Bertz CT molecular complexity index is 275. The van der Waals surface area contributed by atoms with Crippen LogP contribution in [0, 0.1) is 6.92 Å². The van der Waals surface area contributed by atoms with Crippen LogP contribution in [0.3, 0.4) is 0 Å². The van der Waals surface area contributed by atoms with Crippen molar-refractivity contribution < 1.29 is 5.11 Å². The highest BCUT2D eigenvalue weighted by molar-refractivity contribution is 9.10. The second-order valence-electron chi connectivity index (χ2n) is 2.78. The quantitative estimate of drug-likeness (QED) is 0.812. The molecule has 0 saturated heterocycles. The van der Waals surface area contributed by atoms with Gasteiger partial charge in [0.1, 0.15) is 0 Å². The standard InChI is InChI=1S/C9H12BrNO/c1-6-2-3-8(10)7(4-6)9(12)5-11/h2-4,9,12H,5,11H2,1H3. The van der Waals surface area contributed by atoms with Crippen molar-refractivity contribution in [1.82, 2.24) is 0 Å². The zero-order valence-corrected chi connectivity index (χ0v) is 8.51. The van der Waals surface area contributed by atoms with Gasteiger partial charge in [-0.2, -0.15) is 0 Å². The molecule has 3 N–H and O–H groups in total. The van der Waals surface area contributed by atoms with Crippen LogP contribution in [0.25, 0.3) is 0 Å². The Morgan fingerprint density at radius 1 is 1.58 bits per heavy atom. The molecule has 0 aromatic heterocycles. The molecule has 12 heavy (non-hydrogen) atoms. The van der Waals surface area contributed by atoms with Gasteiger partial charge in [0, 0.05) is 11.0 Å². The SMILES string of the molecule is Cc1ccc(Br)c(C(O)CN)c1. The third-order valence-corrected chi connectivity index (χ3v) is 2.46. The molecule has 1 aromatic carbocycles. The van der Waals surface area contributed by atoms with Crippen LogP contribution in [0.5, 0.6) is 0 Å². The molecule has 0 aliphatic rings. The Balaban J connectivity index is 3.04. The zero-order chi connectivity index (χ0) is 9.14. The lowest BCUT2D eigenvalue weighted by Gasteiger charge is -2.10. The van der Waals surface area contributed by atoms with Gasteiger partial charge in [-0.15, -0.1) is 0 Å². The van der Waals surface area contributed by atoms with E-state index in [1.54, 1.807) is 0 Å². The molecule has 0 aliphatic heterocycles. The van der Waals surface area contributed by atoms with Crippen molar-refractivity contribution in [3.8, 4) is 0 Å². The molecule has 0 saturated carbocycles. The van der Waals surface area contributed by atoms with E-state index in [1.807, 2.05) is 25.1 Å². The first-order valence-electron chi connectivity index (χ1n) is 3.79. The lowest BCUT2D eigenvalue weighted by Crippen LogP contribution is -2.12. The molecule has 1 atom stereocenters. The number of nitrogens with two attached hydrogens (primary N) is 1. The van der Waals surface area contributed by atoms with Crippen LogP contribution in [0.4, 0.5) is 0 Å². The maximum Gasteiger partial charge on any atom is 0.0923 e. The van der Waals surface area contributed by atoms with Crippen molar-refractivity contribution in [3.05, 3.63) is 33.8 Å². The van der Waals surface area contributed by atoms with E-state index in [2.05, 4.69) is 15.9 Å². The molecule has 1 aromatic rings. The highest BCUT2D eigenvalue weighted by atomic mass is 79.9. The summed E-state index contributed by atoms with van der Waals surface area (Å²) in [6.45, 7) is 2.24. The molecule has 0 radical (unpaired) electrons. The number of aliphatic hydroxyl groups excluding tert-OH is 1. The van der Waals surface area contributed by atoms with Crippen molar-refractivity contribution >= 4 is 15.9 Å². The van der Waals surface area contributed by atoms with E-state index >= 15 is 0 Å². The average Bonchev–Trinajstić information content (AvgIpc) is 2.08. The van der Waals surface area contributed by atoms with E-state index in [4.69, 9.17) is 5.73 Å². The molecular formula is C9H12BrNO. The fraction of sp³-hybridized carbons (Fsp3) is 0.333. The number of hydrogen-bond acceptors (Lipinski definition) is 2. The van der Waals surface area contributed by atoms with Crippen LogP contribution >= 0.6 is 15.9 Å². The van der Waals surface area contributed by atoms with Gasteiger partial charge >= 0.3 is 0 Å². The van der Waals surface area contributed by atoms with Crippen LogP contribution in [0.1, 0.15) is 17.2 Å². The van der Waals surface area contributed by atoms with Crippen molar-refractivity contribution in [2.24, 2.45) is 5.73 Å². The van der Waals surface area contributed by atoms with Crippen LogP contribution in [-0.4, -0.2) is 11.7 Å². The average molecular weight is 230 g/mol. The van der Waals surface area contributed by atoms with Gasteiger partial charge in [-0.05, 0) is 18.6 Å². The summed E-state index contributed by atoms with van der Waals surface area (Å²) in [5.74, 6) is 0. The summed E-state index contributed by atoms with van der Waals surface area (Å²) in [6, 6.07) is 5.84. The van der Waals surface area contributed by atoms with E-state index in [9.17, 15) is 5.11 Å². The van der Waals surface area contributed by atoms with E-state index in [0.29, 0.717) is 0 Å². The van der Waals surface area contributed by atoms with E-state index in [1.165, 1.54) is 0 Å². The molecule has 1 unspecified atom stereocenters. The minimum atomic E-state index is -0.570. The van der Waals surface area contributed by atoms with Gasteiger partial charge in [-0.25, -0.2) is 0 Å². The fourth-order valence-corrected chi connectivity index (χ4v) is 1.56. The third kappa shape index (κ3) is 2.06. The molecule has 0 heterocycles. The van der Waals surface area contributed by atoms with Crippen LogP contribution in [0.2, 0.25) is 0 Å².